The fourth-order valence-electron chi connectivity index (χ4n) is 4.39. The van der Waals surface area contributed by atoms with E-state index in [-0.39, 0.29) is 24.9 Å². The van der Waals surface area contributed by atoms with Crippen LogP contribution in [0.3, 0.4) is 0 Å². The topological polar surface area (TPSA) is 97.8 Å². The number of para-hydroxylation sites is 1. The fraction of sp³-hybridized carbons (Fsp3) is 0.250. The van der Waals surface area contributed by atoms with Gasteiger partial charge in [-0.15, -0.1) is 0 Å². The van der Waals surface area contributed by atoms with Crippen molar-refractivity contribution in [1.29, 1.82) is 0 Å². The third kappa shape index (κ3) is 5.73. The van der Waals surface area contributed by atoms with Crippen LogP contribution in [0.4, 0.5) is 0 Å². The molecule has 0 saturated carbocycles. The summed E-state index contributed by atoms with van der Waals surface area (Å²) in [5.74, 6) is 0.287. The van der Waals surface area contributed by atoms with Crippen molar-refractivity contribution in [2.24, 2.45) is 0 Å². The zero-order chi connectivity index (χ0) is 25.6. The van der Waals surface area contributed by atoms with E-state index in [2.05, 4.69) is 15.0 Å². The van der Waals surface area contributed by atoms with Gasteiger partial charge >= 0.3 is 0 Å². The molecular formula is C28H27N5O4. The van der Waals surface area contributed by atoms with Gasteiger partial charge in [0.05, 0.1) is 43.1 Å². The van der Waals surface area contributed by atoms with E-state index in [9.17, 15) is 9.59 Å². The Labute approximate surface area is 214 Å². The number of ether oxygens (including phenoxy) is 2. The average Bonchev–Trinajstić information content (AvgIpc) is 3.10. The van der Waals surface area contributed by atoms with E-state index in [1.807, 2.05) is 42.5 Å². The lowest BCUT2D eigenvalue weighted by Gasteiger charge is -2.25. The molecule has 5 rings (SSSR count). The molecule has 9 nitrogen and oxygen atoms in total. The number of benzene rings is 2. The second-order valence-electron chi connectivity index (χ2n) is 8.80. The van der Waals surface area contributed by atoms with Gasteiger partial charge in [-0.2, -0.15) is 0 Å². The van der Waals surface area contributed by atoms with Gasteiger partial charge in [-0.25, -0.2) is 0 Å². The number of methoxy groups -OCH3 is 1. The van der Waals surface area contributed by atoms with Crippen molar-refractivity contribution in [3.8, 4) is 5.75 Å². The van der Waals surface area contributed by atoms with Gasteiger partial charge in [0.15, 0.2) is 0 Å². The molecule has 1 aliphatic heterocycles. The molecule has 1 fully saturated rings. The van der Waals surface area contributed by atoms with Crippen molar-refractivity contribution in [2.45, 2.75) is 19.3 Å². The maximum absolute atomic E-state index is 13.7. The summed E-state index contributed by atoms with van der Waals surface area (Å²) >= 11 is 0. The van der Waals surface area contributed by atoms with Crippen molar-refractivity contribution < 1.29 is 19.1 Å². The predicted octanol–water partition coefficient (Wildman–Crippen LogP) is 3.10. The van der Waals surface area contributed by atoms with Gasteiger partial charge in [-0.3, -0.25) is 24.5 Å². The third-order valence-electron chi connectivity index (χ3n) is 6.24. The number of rotatable bonds is 7. The van der Waals surface area contributed by atoms with E-state index >= 15 is 0 Å². The van der Waals surface area contributed by atoms with Gasteiger partial charge in [-0.1, -0.05) is 24.3 Å². The summed E-state index contributed by atoms with van der Waals surface area (Å²) in [6.45, 7) is 1.17. The summed E-state index contributed by atoms with van der Waals surface area (Å²) in [5.41, 5.74) is 3.24. The van der Waals surface area contributed by atoms with E-state index in [0.29, 0.717) is 36.3 Å². The number of carbonyl (C=O) groups excluding carboxylic acids is 2. The van der Waals surface area contributed by atoms with Gasteiger partial charge in [0.2, 0.25) is 5.91 Å². The number of pyridine rings is 1. The normalized spacial score (nSPS) is 16.0. The number of amides is 2. The van der Waals surface area contributed by atoms with Crippen molar-refractivity contribution >= 4 is 22.8 Å². The minimum absolute atomic E-state index is 0.0681. The summed E-state index contributed by atoms with van der Waals surface area (Å²) in [7, 11) is 1.62. The van der Waals surface area contributed by atoms with E-state index in [1.165, 1.54) is 0 Å². The first-order chi connectivity index (χ1) is 18.1. The molecule has 9 heteroatoms. The Balaban J connectivity index is 1.40. The van der Waals surface area contributed by atoms with E-state index in [4.69, 9.17) is 9.47 Å². The summed E-state index contributed by atoms with van der Waals surface area (Å²) in [5, 5.41) is 0. The lowest BCUT2D eigenvalue weighted by molar-refractivity contribution is -0.132. The number of nitrogens with zero attached hydrogens (tertiary/aromatic N) is 5. The number of hydrogen-bond acceptors (Lipinski definition) is 7. The summed E-state index contributed by atoms with van der Waals surface area (Å²) in [6, 6.07) is 18.5. The van der Waals surface area contributed by atoms with Crippen molar-refractivity contribution in [3.05, 3.63) is 96.1 Å². The molecule has 2 aromatic heterocycles. The quantitative estimate of drug-likeness (QED) is 0.387. The second kappa shape index (κ2) is 11.1. The monoisotopic (exact) mass is 497 g/mol. The van der Waals surface area contributed by atoms with Crippen molar-refractivity contribution in [3.63, 3.8) is 0 Å². The van der Waals surface area contributed by atoms with Gasteiger partial charge in [0.25, 0.3) is 5.91 Å². The van der Waals surface area contributed by atoms with Crippen LogP contribution in [-0.2, 0) is 22.7 Å². The first-order valence-corrected chi connectivity index (χ1v) is 12.0. The molecule has 0 N–H and O–H groups in total. The Morgan fingerprint density at radius 2 is 1.84 bits per heavy atom. The summed E-state index contributed by atoms with van der Waals surface area (Å²) in [6.07, 6.45) is 4.43. The van der Waals surface area contributed by atoms with Gasteiger partial charge < -0.3 is 19.3 Å². The molecule has 0 radical (unpaired) electrons. The molecule has 3 heterocycles. The van der Waals surface area contributed by atoms with Crippen LogP contribution in [0.5, 0.6) is 5.75 Å². The smallest absolute Gasteiger partial charge is 0.256 e. The Kier molecular flexibility index (Phi) is 7.32. The summed E-state index contributed by atoms with van der Waals surface area (Å²) in [4.78, 5) is 43.3. The maximum atomic E-state index is 13.7. The number of carbonyl (C=O) groups is 2. The van der Waals surface area contributed by atoms with E-state index < -0.39 is 6.10 Å². The lowest BCUT2D eigenvalue weighted by atomic mass is 10.1. The standard InChI is InChI=1S/C28H27N5O4/c1-36-22-8-4-6-20(14-22)19-37-23-16-32(15-21-7-2-3-11-29-21)26(34)18-33(17-23)28(35)24-9-5-10-25-27(24)31-13-12-30-25/h2-14,23H,15-19H2,1H3. The molecule has 0 spiro atoms. The molecule has 0 aliphatic carbocycles. The molecule has 0 bridgehead atoms. The molecule has 188 valence electrons. The van der Waals surface area contributed by atoms with Gasteiger partial charge in [0.1, 0.15) is 17.8 Å². The number of fused-ring (bicyclic) bond motifs is 1. The first kappa shape index (κ1) is 24.3. The molecule has 2 amide bonds. The van der Waals surface area contributed by atoms with E-state index in [0.717, 1.165) is 17.0 Å². The lowest BCUT2D eigenvalue weighted by Crippen LogP contribution is -2.39. The highest BCUT2D eigenvalue weighted by atomic mass is 16.5. The zero-order valence-electron chi connectivity index (χ0n) is 20.5. The van der Waals surface area contributed by atoms with Crippen molar-refractivity contribution in [1.82, 2.24) is 24.8 Å². The van der Waals surface area contributed by atoms with Crippen LogP contribution in [0, 0.1) is 0 Å². The Hall–Kier alpha value is -4.37. The summed E-state index contributed by atoms with van der Waals surface area (Å²) < 4.78 is 11.6. The Bertz CT molecular complexity index is 1390. The molecular weight excluding hydrogens is 470 g/mol. The van der Waals surface area contributed by atoms with Crippen LogP contribution in [0.25, 0.3) is 11.0 Å². The van der Waals surface area contributed by atoms with Crippen LogP contribution in [0.2, 0.25) is 0 Å². The average molecular weight is 498 g/mol. The van der Waals surface area contributed by atoms with Crippen molar-refractivity contribution in [2.75, 3.05) is 26.7 Å². The molecule has 1 saturated heterocycles. The predicted molar refractivity (Wildman–Crippen MR) is 137 cm³/mol. The number of aromatic nitrogens is 3. The van der Waals surface area contributed by atoms with Gasteiger partial charge in [0, 0.05) is 31.7 Å². The Morgan fingerprint density at radius 3 is 2.68 bits per heavy atom. The second-order valence-corrected chi connectivity index (χ2v) is 8.80. The minimum atomic E-state index is -0.411. The largest absolute Gasteiger partial charge is 0.497 e. The maximum Gasteiger partial charge on any atom is 0.256 e. The zero-order valence-corrected chi connectivity index (χ0v) is 20.5. The highest BCUT2D eigenvalue weighted by Gasteiger charge is 2.32. The first-order valence-electron chi connectivity index (χ1n) is 12.0. The van der Waals surface area contributed by atoms with Crippen LogP contribution in [-0.4, -0.2) is 69.4 Å². The van der Waals surface area contributed by atoms with Crippen LogP contribution in [0.15, 0.2) is 79.3 Å². The highest BCUT2D eigenvalue weighted by molar-refractivity contribution is 6.05. The van der Waals surface area contributed by atoms with Gasteiger partial charge in [-0.05, 0) is 42.0 Å². The molecule has 1 aliphatic rings. The fourth-order valence-corrected chi connectivity index (χ4v) is 4.39. The molecule has 4 aromatic rings. The molecule has 37 heavy (non-hydrogen) atoms. The van der Waals surface area contributed by atoms with Crippen LogP contribution in [0.1, 0.15) is 21.6 Å². The molecule has 2 aromatic carbocycles. The molecule has 1 atom stereocenters. The third-order valence-corrected chi connectivity index (χ3v) is 6.24. The van der Waals surface area contributed by atoms with E-state index in [1.54, 1.807) is 53.7 Å². The highest BCUT2D eigenvalue weighted by Crippen LogP contribution is 2.20. The van der Waals surface area contributed by atoms with Crippen LogP contribution < -0.4 is 4.74 Å². The Morgan fingerprint density at radius 1 is 0.973 bits per heavy atom. The SMILES string of the molecule is COc1cccc(COC2CN(Cc3ccccn3)C(=O)CN(C(=O)c3cccc4nccnc34)C2)c1. The molecule has 1 unspecified atom stereocenters. The number of hydrogen-bond donors (Lipinski definition) is 0. The minimum Gasteiger partial charge on any atom is -0.497 e. The van der Waals surface area contributed by atoms with Crippen LogP contribution >= 0.6 is 0 Å².